The summed E-state index contributed by atoms with van der Waals surface area (Å²) in [5, 5.41) is 7.03. The Labute approximate surface area is 167 Å². The number of hydrogen-bond acceptors (Lipinski definition) is 5. The number of anilines is 1. The summed E-state index contributed by atoms with van der Waals surface area (Å²) in [6.07, 6.45) is 0. The molecule has 0 spiro atoms. The average Bonchev–Trinajstić information content (AvgIpc) is 3.14. The molecule has 3 aromatic rings. The first kappa shape index (κ1) is 19.1. The first-order valence-electron chi connectivity index (χ1n) is 8.87. The van der Waals surface area contributed by atoms with E-state index in [0.717, 1.165) is 5.56 Å². The maximum absolute atomic E-state index is 13.3. The molecule has 0 saturated carbocycles. The normalized spacial score (nSPS) is 14.4. The van der Waals surface area contributed by atoms with Gasteiger partial charge in [-0.25, -0.2) is 17.5 Å². The summed E-state index contributed by atoms with van der Waals surface area (Å²) in [6.45, 7) is 1.70. The highest BCUT2D eigenvalue weighted by molar-refractivity contribution is 7.90. The summed E-state index contributed by atoms with van der Waals surface area (Å²) in [5.74, 6) is -0.471. The van der Waals surface area contributed by atoms with Crippen molar-refractivity contribution in [2.45, 2.75) is 18.4 Å². The molecule has 9 heteroatoms. The average molecular weight is 415 g/mol. The lowest BCUT2D eigenvalue weighted by atomic mass is 10.2. The highest BCUT2D eigenvalue weighted by Gasteiger charge is 2.33. The first-order valence-corrected chi connectivity index (χ1v) is 10.7. The van der Waals surface area contributed by atoms with Gasteiger partial charge < -0.3 is 10.1 Å². The zero-order valence-corrected chi connectivity index (χ0v) is 16.4. The lowest BCUT2D eigenvalue weighted by Gasteiger charge is -2.12. The van der Waals surface area contributed by atoms with Crippen molar-refractivity contribution in [3.63, 3.8) is 0 Å². The quantitative estimate of drug-likeness (QED) is 0.692. The van der Waals surface area contributed by atoms with E-state index in [4.69, 9.17) is 4.74 Å². The second kappa shape index (κ2) is 7.32. The molecule has 1 aromatic heterocycles. The fourth-order valence-electron chi connectivity index (χ4n) is 3.09. The largest absolute Gasteiger partial charge is 0.484 e. The third kappa shape index (κ3) is 4.14. The minimum Gasteiger partial charge on any atom is -0.484 e. The molecule has 1 amide bonds. The summed E-state index contributed by atoms with van der Waals surface area (Å²) >= 11 is 0. The van der Waals surface area contributed by atoms with Crippen LogP contribution in [0.4, 0.5) is 10.2 Å². The van der Waals surface area contributed by atoms with Gasteiger partial charge in [0.15, 0.2) is 16.4 Å². The maximum atomic E-state index is 13.3. The molecule has 4 rings (SSSR count). The maximum Gasteiger partial charge on any atom is 0.263 e. The van der Waals surface area contributed by atoms with Crippen LogP contribution in [0.5, 0.6) is 5.75 Å². The highest BCUT2D eigenvalue weighted by Crippen LogP contribution is 2.33. The zero-order valence-electron chi connectivity index (χ0n) is 15.6. The number of carbonyl (C=O) groups is 1. The number of nitrogens with one attached hydrogen (secondary N) is 1. The number of ether oxygens (including phenoxy) is 1. The Morgan fingerprint density at radius 3 is 2.52 bits per heavy atom. The fraction of sp³-hybridized carbons (Fsp3) is 0.200. The molecule has 29 heavy (non-hydrogen) atoms. The lowest BCUT2D eigenvalue weighted by Crippen LogP contribution is -2.22. The zero-order chi connectivity index (χ0) is 20.6. The summed E-state index contributed by atoms with van der Waals surface area (Å²) < 4.78 is 44.1. The topological polar surface area (TPSA) is 90.3 Å². The van der Waals surface area contributed by atoms with E-state index in [1.807, 2.05) is 19.1 Å². The van der Waals surface area contributed by atoms with E-state index in [-0.39, 0.29) is 23.9 Å². The van der Waals surface area contributed by atoms with Crippen LogP contribution in [-0.2, 0) is 26.1 Å². The van der Waals surface area contributed by atoms with Crippen LogP contribution in [0, 0.1) is 12.7 Å². The minimum atomic E-state index is -3.30. The molecule has 2 heterocycles. The second-order valence-corrected chi connectivity index (χ2v) is 8.91. The van der Waals surface area contributed by atoms with Crippen molar-refractivity contribution in [3.8, 4) is 11.4 Å². The van der Waals surface area contributed by atoms with E-state index in [1.54, 1.807) is 12.1 Å². The number of amides is 1. The van der Waals surface area contributed by atoms with E-state index in [1.165, 1.54) is 28.9 Å². The number of halogens is 1. The molecule has 0 bridgehead atoms. The van der Waals surface area contributed by atoms with Gasteiger partial charge >= 0.3 is 0 Å². The van der Waals surface area contributed by atoms with Crippen molar-refractivity contribution in [2.75, 3.05) is 11.9 Å². The minimum absolute atomic E-state index is 0.195. The van der Waals surface area contributed by atoms with E-state index in [0.29, 0.717) is 22.7 Å². The van der Waals surface area contributed by atoms with E-state index >= 15 is 0 Å². The molecule has 150 valence electrons. The third-order valence-electron chi connectivity index (χ3n) is 4.51. The van der Waals surface area contributed by atoms with Gasteiger partial charge in [0.2, 0.25) is 0 Å². The van der Waals surface area contributed by atoms with Crippen molar-refractivity contribution < 1.29 is 22.3 Å². The van der Waals surface area contributed by atoms with Gasteiger partial charge in [0.1, 0.15) is 17.4 Å². The molecule has 0 unspecified atom stereocenters. The molecule has 0 radical (unpaired) electrons. The number of fused-ring (bicyclic) bond motifs is 1. The van der Waals surface area contributed by atoms with Crippen LogP contribution < -0.4 is 10.1 Å². The van der Waals surface area contributed by atoms with Gasteiger partial charge in [-0.15, -0.1) is 0 Å². The van der Waals surface area contributed by atoms with Gasteiger partial charge in [-0.2, -0.15) is 5.10 Å². The predicted octanol–water partition coefficient (Wildman–Crippen LogP) is 2.77. The number of aryl methyl sites for hydroxylation is 1. The molecule has 1 aliphatic heterocycles. The number of carbonyl (C=O) groups excluding carboxylic acids is 1. The Hall–Kier alpha value is -3.20. The number of aromatic nitrogens is 2. The molecule has 0 aliphatic carbocycles. The number of nitrogens with zero attached hydrogens (tertiary/aromatic N) is 2. The number of rotatable bonds is 5. The van der Waals surface area contributed by atoms with E-state index < -0.39 is 21.6 Å². The van der Waals surface area contributed by atoms with Gasteiger partial charge in [0.25, 0.3) is 5.91 Å². The molecule has 0 saturated heterocycles. The number of benzene rings is 2. The number of hydrogen-bond donors (Lipinski definition) is 1. The molecule has 1 N–H and O–H groups in total. The van der Waals surface area contributed by atoms with Crippen LogP contribution in [0.15, 0.2) is 48.5 Å². The van der Waals surface area contributed by atoms with E-state index in [2.05, 4.69) is 10.4 Å². The van der Waals surface area contributed by atoms with Gasteiger partial charge in [0, 0.05) is 5.56 Å². The van der Waals surface area contributed by atoms with Gasteiger partial charge in [-0.05, 0) is 43.3 Å². The molecule has 1 aliphatic rings. The summed E-state index contributed by atoms with van der Waals surface area (Å²) in [4.78, 5) is 12.5. The molecule has 7 nitrogen and oxygen atoms in total. The Morgan fingerprint density at radius 1 is 1.14 bits per heavy atom. The van der Waals surface area contributed by atoms with Crippen LogP contribution in [0.1, 0.15) is 16.8 Å². The van der Waals surface area contributed by atoms with Gasteiger partial charge in [-0.3, -0.25) is 4.79 Å². The summed E-state index contributed by atoms with van der Waals surface area (Å²) in [6, 6.07) is 12.8. The Bertz CT molecular complexity index is 1170. The number of sulfone groups is 1. The van der Waals surface area contributed by atoms with Crippen LogP contribution in [0.3, 0.4) is 0 Å². The Balaban J connectivity index is 1.59. The monoisotopic (exact) mass is 415 g/mol. The van der Waals surface area contributed by atoms with Crippen LogP contribution in [0.25, 0.3) is 5.69 Å². The van der Waals surface area contributed by atoms with Crippen molar-refractivity contribution in [2.24, 2.45) is 0 Å². The Morgan fingerprint density at radius 2 is 1.83 bits per heavy atom. The molecular formula is C20H18FN3O4S. The smallest absolute Gasteiger partial charge is 0.263 e. The Kier molecular flexibility index (Phi) is 4.83. The SMILES string of the molecule is Cc1ccc(OCC(=O)Nc2c3c(nn2-c2ccc(F)cc2)CS(=O)(=O)C3)cc1. The first-order chi connectivity index (χ1) is 13.8. The highest BCUT2D eigenvalue weighted by atomic mass is 32.2. The molecule has 0 atom stereocenters. The second-order valence-electron chi connectivity index (χ2n) is 6.84. The summed E-state index contributed by atoms with van der Waals surface area (Å²) in [7, 11) is -3.30. The van der Waals surface area contributed by atoms with Crippen molar-refractivity contribution >= 4 is 21.6 Å². The van der Waals surface area contributed by atoms with Crippen LogP contribution in [-0.4, -0.2) is 30.7 Å². The lowest BCUT2D eigenvalue weighted by molar-refractivity contribution is -0.118. The summed E-state index contributed by atoms with van der Waals surface area (Å²) in [5.41, 5.74) is 2.40. The molecular weight excluding hydrogens is 397 g/mol. The predicted molar refractivity (Wildman–Crippen MR) is 105 cm³/mol. The molecule has 0 fully saturated rings. The van der Waals surface area contributed by atoms with Crippen LogP contribution >= 0.6 is 0 Å². The van der Waals surface area contributed by atoms with Gasteiger partial charge in [0.05, 0.1) is 22.9 Å². The third-order valence-corrected chi connectivity index (χ3v) is 5.95. The van der Waals surface area contributed by atoms with Crippen molar-refractivity contribution in [1.82, 2.24) is 9.78 Å². The van der Waals surface area contributed by atoms with Gasteiger partial charge in [-0.1, -0.05) is 17.7 Å². The van der Waals surface area contributed by atoms with Crippen LogP contribution in [0.2, 0.25) is 0 Å². The van der Waals surface area contributed by atoms with Crippen molar-refractivity contribution in [3.05, 3.63) is 71.2 Å². The standard InChI is InChI=1S/C20H18FN3O4S/c1-13-2-8-16(9-3-13)28-10-19(25)22-20-17-11-29(26,27)12-18(17)23-24(20)15-6-4-14(21)5-7-15/h2-9H,10-12H2,1H3,(H,22,25). The molecule has 2 aromatic carbocycles. The fourth-order valence-corrected chi connectivity index (χ4v) is 4.59. The van der Waals surface area contributed by atoms with Crippen molar-refractivity contribution in [1.29, 1.82) is 0 Å². The van der Waals surface area contributed by atoms with E-state index in [9.17, 15) is 17.6 Å².